The van der Waals surface area contributed by atoms with Crippen LogP contribution in [0.25, 0.3) is 0 Å². The third-order valence-corrected chi connectivity index (χ3v) is 4.58. The van der Waals surface area contributed by atoms with Crippen molar-refractivity contribution in [1.82, 2.24) is 0 Å². The molecule has 1 aliphatic heterocycles. The van der Waals surface area contributed by atoms with Crippen LogP contribution in [0.3, 0.4) is 0 Å². The lowest BCUT2D eigenvalue weighted by molar-refractivity contribution is -0.126. The van der Waals surface area contributed by atoms with Gasteiger partial charge in [-0.1, -0.05) is 30.3 Å². The average Bonchev–Trinajstić information content (AvgIpc) is 2.51. The highest BCUT2D eigenvalue weighted by atomic mass is 79.9. The summed E-state index contributed by atoms with van der Waals surface area (Å²) >= 11 is 3.42. The fourth-order valence-electron chi connectivity index (χ4n) is 2.68. The smallest absolute Gasteiger partial charge is 0.268 e. The van der Waals surface area contributed by atoms with Crippen LogP contribution in [-0.2, 0) is 4.79 Å². The predicted molar refractivity (Wildman–Crippen MR) is 91.0 cm³/mol. The van der Waals surface area contributed by atoms with E-state index >= 15 is 0 Å². The standard InChI is InChI=1S/C17H17BrN2O2/c1-10(12-6-4-3-5-7-12)20-15-8-13(18)14(19)9-16(15)22-11(2)17(20)21/h3-11H,19H2,1-2H3/t10-,11+/m0/s1. The first-order valence-electron chi connectivity index (χ1n) is 7.12. The summed E-state index contributed by atoms with van der Waals surface area (Å²) in [4.78, 5) is 14.4. The number of amides is 1. The Kier molecular flexibility index (Phi) is 3.83. The Labute approximate surface area is 138 Å². The van der Waals surface area contributed by atoms with E-state index in [9.17, 15) is 4.79 Å². The maximum absolute atomic E-state index is 12.7. The van der Waals surface area contributed by atoms with Crippen LogP contribution in [0.15, 0.2) is 46.9 Å². The number of nitrogen functional groups attached to an aromatic ring is 1. The van der Waals surface area contributed by atoms with Crippen molar-refractivity contribution in [1.29, 1.82) is 0 Å². The first-order valence-corrected chi connectivity index (χ1v) is 7.92. The van der Waals surface area contributed by atoms with Crippen LogP contribution in [0.2, 0.25) is 0 Å². The normalized spacial score (nSPS) is 18.6. The van der Waals surface area contributed by atoms with Gasteiger partial charge in [0.2, 0.25) is 0 Å². The van der Waals surface area contributed by atoms with Crippen LogP contribution in [-0.4, -0.2) is 12.0 Å². The maximum atomic E-state index is 12.7. The van der Waals surface area contributed by atoms with Gasteiger partial charge < -0.3 is 10.5 Å². The highest BCUT2D eigenvalue weighted by Gasteiger charge is 2.35. The molecule has 0 spiro atoms. The summed E-state index contributed by atoms with van der Waals surface area (Å²) in [7, 11) is 0. The highest BCUT2D eigenvalue weighted by molar-refractivity contribution is 9.10. The molecule has 0 aromatic heterocycles. The van der Waals surface area contributed by atoms with Crippen LogP contribution >= 0.6 is 15.9 Å². The lowest BCUT2D eigenvalue weighted by atomic mass is 10.0. The Bertz CT molecular complexity index is 718. The molecule has 0 bridgehead atoms. The molecule has 0 saturated carbocycles. The van der Waals surface area contributed by atoms with Crippen LogP contribution in [0.4, 0.5) is 11.4 Å². The van der Waals surface area contributed by atoms with Crippen molar-refractivity contribution in [2.24, 2.45) is 0 Å². The first-order chi connectivity index (χ1) is 10.5. The van der Waals surface area contributed by atoms with Gasteiger partial charge in [-0.2, -0.15) is 0 Å². The molecular weight excluding hydrogens is 344 g/mol. The largest absolute Gasteiger partial charge is 0.479 e. The number of nitrogens with two attached hydrogens (primary N) is 1. The number of halogens is 1. The zero-order valence-corrected chi connectivity index (χ0v) is 14.0. The summed E-state index contributed by atoms with van der Waals surface area (Å²) < 4.78 is 6.46. The van der Waals surface area contributed by atoms with E-state index in [1.165, 1.54) is 0 Å². The molecule has 5 heteroatoms. The lowest BCUT2D eigenvalue weighted by Crippen LogP contribution is -2.45. The summed E-state index contributed by atoms with van der Waals surface area (Å²) in [5.41, 5.74) is 8.33. The van der Waals surface area contributed by atoms with E-state index in [1.807, 2.05) is 43.3 Å². The van der Waals surface area contributed by atoms with Gasteiger partial charge in [-0.15, -0.1) is 0 Å². The molecule has 1 heterocycles. The van der Waals surface area contributed by atoms with E-state index in [0.29, 0.717) is 11.4 Å². The summed E-state index contributed by atoms with van der Waals surface area (Å²) in [5.74, 6) is 0.580. The SMILES string of the molecule is C[C@H]1Oc2cc(N)c(Br)cc2N([C@@H](C)c2ccccc2)C1=O. The fourth-order valence-corrected chi connectivity index (χ4v) is 3.01. The van der Waals surface area contributed by atoms with Crippen molar-refractivity contribution < 1.29 is 9.53 Å². The van der Waals surface area contributed by atoms with Gasteiger partial charge in [0.25, 0.3) is 5.91 Å². The predicted octanol–water partition coefficient (Wildman–Crippen LogP) is 3.91. The zero-order valence-electron chi connectivity index (χ0n) is 12.4. The Morgan fingerprint density at radius 1 is 1.27 bits per heavy atom. The lowest BCUT2D eigenvalue weighted by Gasteiger charge is -2.37. The van der Waals surface area contributed by atoms with Gasteiger partial charge in [0.15, 0.2) is 6.10 Å². The summed E-state index contributed by atoms with van der Waals surface area (Å²) in [6, 6.07) is 13.5. The third-order valence-electron chi connectivity index (χ3n) is 3.90. The van der Waals surface area contributed by atoms with Crippen LogP contribution < -0.4 is 15.4 Å². The topological polar surface area (TPSA) is 55.6 Å². The van der Waals surface area contributed by atoms with E-state index in [0.717, 1.165) is 15.7 Å². The molecule has 3 rings (SSSR count). The molecule has 2 atom stereocenters. The number of hydrogen-bond donors (Lipinski definition) is 1. The second kappa shape index (κ2) is 5.65. The van der Waals surface area contributed by atoms with E-state index in [4.69, 9.17) is 10.5 Å². The number of rotatable bonds is 2. The minimum atomic E-state index is -0.528. The number of carbonyl (C=O) groups is 1. The molecular formula is C17H17BrN2O2. The van der Waals surface area contributed by atoms with Crippen molar-refractivity contribution in [3.63, 3.8) is 0 Å². The van der Waals surface area contributed by atoms with Crippen molar-refractivity contribution in [3.05, 3.63) is 52.5 Å². The summed E-state index contributed by atoms with van der Waals surface area (Å²) in [5, 5.41) is 0. The van der Waals surface area contributed by atoms with Crippen LogP contribution in [0.5, 0.6) is 5.75 Å². The van der Waals surface area contributed by atoms with E-state index in [2.05, 4.69) is 15.9 Å². The van der Waals surface area contributed by atoms with Crippen molar-refractivity contribution in [3.8, 4) is 5.75 Å². The van der Waals surface area contributed by atoms with Gasteiger partial charge in [0.1, 0.15) is 5.75 Å². The zero-order chi connectivity index (χ0) is 15.9. The van der Waals surface area contributed by atoms with Gasteiger partial charge in [-0.3, -0.25) is 9.69 Å². The van der Waals surface area contributed by atoms with Gasteiger partial charge in [-0.05, 0) is 41.4 Å². The van der Waals surface area contributed by atoms with Crippen LogP contribution in [0, 0.1) is 0 Å². The van der Waals surface area contributed by atoms with E-state index in [-0.39, 0.29) is 11.9 Å². The van der Waals surface area contributed by atoms with E-state index < -0.39 is 6.10 Å². The number of hydrogen-bond acceptors (Lipinski definition) is 3. The Balaban J connectivity index is 2.11. The summed E-state index contributed by atoms with van der Waals surface area (Å²) in [6.07, 6.45) is -0.528. The van der Waals surface area contributed by atoms with Crippen LogP contribution in [0.1, 0.15) is 25.5 Å². The second-order valence-electron chi connectivity index (χ2n) is 5.40. The Morgan fingerprint density at radius 3 is 2.64 bits per heavy atom. The molecule has 2 aromatic rings. The molecule has 0 unspecified atom stereocenters. The quantitative estimate of drug-likeness (QED) is 0.826. The van der Waals surface area contributed by atoms with Gasteiger partial charge in [-0.25, -0.2) is 0 Å². The number of carbonyl (C=O) groups excluding carboxylic acids is 1. The average molecular weight is 361 g/mol. The Morgan fingerprint density at radius 2 is 1.95 bits per heavy atom. The fraction of sp³-hybridized carbons (Fsp3) is 0.235. The molecule has 114 valence electrons. The molecule has 0 radical (unpaired) electrons. The van der Waals surface area contributed by atoms with E-state index in [1.54, 1.807) is 17.9 Å². The second-order valence-corrected chi connectivity index (χ2v) is 6.25. The van der Waals surface area contributed by atoms with Crippen molar-refractivity contribution >= 4 is 33.2 Å². The molecule has 2 aromatic carbocycles. The molecule has 1 amide bonds. The number of benzene rings is 2. The molecule has 2 N–H and O–H groups in total. The van der Waals surface area contributed by atoms with Gasteiger partial charge >= 0.3 is 0 Å². The minimum absolute atomic E-state index is 0.0551. The van der Waals surface area contributed by atoms with Crippen molar-refractivity contribution in [2.45, 2.75) is 26.0 Å². The summed E-state index contributed by atoms with van der Waals surface area (Å²) in [6.45, 7) is 3.77. The highest BCUT2D eigenvalue weighted by Crippen LogP contribution is 2.42. The maximum Gasteiger partial charge on any atom is 0.268 e. The van der Waals surface area contributed by atoms with Gasteiger partial charge in [0, 0.05) is 16.2 Å². The van der Waals surface area contributed by atoms with Crippen molar-refractivity contribution in [2.75, 3.05) is 10.6 Å². The molecule has 4 nitrogen and oxygen atoms in total. The third kappa shape index (κ3) is 2.46. The van der Waals surface area contributed by atoms with Gasteiger partial charge in [0.05, 0.1) is 11.7 Å². The minimum Gasteiger partial charge on any atom is -0.479 e. The monoisotopic (exact) mass is 360 g/mol. The molecule has 0 aliphatic carbocycles. The number of nitrogens with zero attached hydrogens (tertiary/aromatic N) is 1. The molecule has 0 fully saturated rings. The Hall–Kier alpha value is -2.01. The molecule has 1 aliphatic rings. The molecule has 22 heavy (non-hydrogen) atoms. The number of anilines is 2. The number of ether oxygens (including phenoxy) is 1. The number of fused-ring (bicyclic) bond motifs is 1. The molecule has 0 saturated heterocycles. The first kappa shape index (κ1) is 14.9.